The van der Waals surface area contributed by atoms with Gasteiger partial charge in [-0.1, -0.05) is 97.8 Å². The number of primary amides is 1. The molecule has 6 rings (SSSR count). The van der Waals surface area contributed by atoms with E-state index in [9.17, 15) is 14.4 Å². The second-order valence-electron chi connectivity index (χ2n) is 12.4. The summed E-state index contributed by atoms with van der Waals surface area (Å²) in [7, 11) is 1.64. The van der Waals surface area contributed by atoms with Crippen LogP contribution >= 0.6 is 0 Å². The standard InChI is InChI=1S/C40H40N4O4/c1-3-10-32(37(41)45)34(24-26-17-18-26)39(46)43-38-40(47)44(25-27-11-9-14-30(23-27)28-19-21-31(48-2)22-20-28)35-16-8-7-15-33(35)36(42-38)29-12-5-4-6-13-29/h3-9,11-16,19-23,26,32,34,38H,1,10,17-18,24-25H2,2H3,(H2,41,45)(H,43,46)/t32-,34+,38+/m0/s1. The number of hydrogen-bond donors (Lipinski definition) is 2. The molecule has 1 fully saturated rings. The van der Waals surface area contributed by atoms with Gasteiger partial charge in [0.15, 0.2) is 0 Å². The summed E-state index contributed by atoms with van der Waals surface area (Å²) in [4.78, 5) is 47.9. The lowest BCUT2D eigenvalue weighted by Gasteiger charge is -2.28. The molecule has 48 heavy (non-hydrogen) atoms. The number of allylic oxidation sites excluding steroid dienone is 1. The molecule has 1 heterocycles. The Labute approximate surface area is 281 Å². The number of carbonyl (C=O) groups excluding carboxylic acids is 3. The van der Waals surface area contributed by atoms with E-state index < -0.39 is 29.8 Å². The summed E-state index contributed by atoms with van der Waals surface area (Å²) in [6, 6.07) is 33.2. The first-order valence-corrected chi connectivity index (χ1v) is 16.3. The molecule has 1 aliphatic carbocycles. The second kappa shape index (κ2) is 14.5. The lowest BCUT2D eigenvalue weighted by molar-refractivity contribution is -0.135. The van der Waals surface area contributed by atoms with Crippen LogP contribution in [-0.4, -0.2) is 36.7 Å². The fourth-order valence-electron chi connectivity index (χ4n) is 6.39. The largest absolute Gasteiger partial charge is 0.497 e. The highest BCUT2D eigenvalue weighted by Crippen LogP contribution is 2.39. The monoisotopic (exact) mass is 640 g/mol. The highest BCUT2D eigenvalue weighted by atomic mass is 16.5. The molecule has 0 saturated heterocycles. The van der Waals surface area contributed by atoms with E-state index in [-0.39, 0.29) is 18.9 Å². The van der Waals surface area contributed by atoms with Crippen LogP contribution in [0, 0.1) is 17.8 Å². The first-order valence-electron chi connectivity index (χ1n) is 16.3. The number of para-hydroxylation sites is 1. The summed E-state index contributed by atoms with van der Waals surface area (Å²) in [5, 5.41) is 2.96. The molecule has 1 saturated carbocycles. The van der Waals surface area contributed by atoms with E-state index >= 15 is 0 Å². The maximum atomic E-state index is 14.6. The van der Waals surface area contributed by atoms with Gasteiger partial charge in [-0.2, -0.15) is 0 Å². The van der Waals surface area contributed by atoms with Crippen molar-refractivity contribution in [1.29, 1.82) is 0 Å². The average Bonchev–Trinajstić information content (AvgIpc) is 3.95. The third-order valence-corrected chi connectivity index (χ3v) is 9.12. The molecule has 8 heteroatoms. The maximum absolute atomic E-state index is 14.6. The lowest BCUT2D eigenvalue weighted by Crippen LogP contribution is -2.50. The number of nitrogens with one attached hydrogen (secondary N) is 1. The van der Waals surface area contributed by atoms with Crippen molar-refractivity contribution in [3.8, 4) is 16.9 Å². The molecule has 4 aromatic rings. The van der Waals surface area contributed by atoms with E-state index in [1.54, 1.807) is 18.1 Å². The van der Waals surface area contributed by atoms with Crippen molar-refractivity contribution < 1.29 is 19.1 Å². The Morgan fingerprint density at radius 1 is 0.938 bits per heavy atom. The van der Waals surface area contributed by atoms with Crippen LogP contribution in [-0.2, 0) is 20.9 Å². The van der Waals surface area contributed by atoms with Crippen LogP contribution in [0.1, 0.15) is 42.4 Å². The number of hydrogen-bond acceptors (Lipinski definition) is 5. The molecule has 1 aliphatic heterocycles. The predicted octanol–water partition coefficient (Wildman–Crippen LogP) is 6.28. The molecule has 3 atom stereocenters. The first kappa shape index (κ1) is 32.4. The summed E-state index contributed by atoms with van der Waals surface area (Å²) in [6.07, 6.45) is 3.18. The number of nitrogens with two attached hydrogens (primary N) is 1. The van der Waals surface area contributed by atoms with Crippen molar-refractivity contribution in [3.05, 3.63) is 132 Å². The number of nitrogens with zero attached hydrogens (tertiary/aromatic N) is 2. The normalized spacial score (nSPS) is 16.9. The molecule has 3 amide bonds. The summed E-state index contributed by atoms with van der Waals surface area (Å²) in [5.41, 5.74) is 11.6. The molecule has 0 spiro atoms. The number of fused-ring (bicyclic) bond motifs is 1. The zero-order valence-electron chi connectivity index (χ0n) is 27.0. The number of benzene rings is 4. The van der Waals surface area contributed by atoms with Gasteiger partial charge in [-0.15, -0.1) is 6.58 Å². The molecule has 4 aromatic carbocycles. The molecule has 0 unspecified atom stereocenters. The summed E-state index contributed by atoms with van der Waals surface area (Å²) in [5.74, 6) is -1.64. The fourth-order valence-corrected chi connectivity index (χ4v) is 6.39. The van der Waals surface area contributed by atoms with Gasteiger partial charge < -0.3 is 20.7 Å². The van der Waals surface area contributed by atoms with Crippen LogP contribution in [0.5, 0.6) is 5.75 Å². The quantitative estimate of drug-likeness (QED) is 0.167. The van der Waals surface area contributed by atoms with Crippen molar-refractivity contribution in [2.24, 2.45) is 28.5 Å². The molecular weight excluding hydrogens is 600 g/mol. The van der Waals surface area contributed by atoms with Gasteiger partial charge in [0.2, 0.25) is 18.0 Å². The number of ether oxygens (including phenoxy) is 1. The highest BCUT2D eigenvalue weighted by Gasteiger charge is 2.40. The summed E-state index contributed by atoms with van der Waals surface area (Å²) in [6.45, 7) is 4.03. The molecule has 0 radical (unpaired) electrons. The number of rotatable bonds is 13. The number of aliphatic imine (C=N–C) groups is 1. The van der Waals surface area contributed by atoms with Crippen molar-refractivity contribution in [2.45, 2.75) is 38.4 Å². The molecule has 244 valence electrons. The fraction of sp³-hybridized carbons (Fsp3) is 0.250. The van der Waals surface area contributed by atoms with Gasteiger partial charge in [-0.3, -0.25) is 14.4 Å². The Balaban J connectivity index is 1.39. The minimum Gasteiger partial charge on any atom is -0.497 e. The van der Waals surface area contributed by atoms with Crippen LogP contribution in [0.2, 0.25) is 0 Å². The second-order valence-corrected chi connectivity index (χ2v) is 12.4. The zero-order chi connectivity index (χ0) is 33.6. The van der Waals surface area contributed by atoms with Gasteiger partial charge in [0.1, 0.15) is 5.75 Å². The first-order chi connectivity index (χ1) is 23.4. The van der Waals surface area contributed by atoms with E-state index in [0.29, 0.717) is 23.7 Å². The van der Waals surface area contributed by atoms with Crippen LogP contribution in [0.4, 0.5) is 5.69 Å². The van der Waals surface area contributed by atoms with Gasteiger partial charge in [0.25, 0.3) is 5.91 Å². The maximum Gasteiger partial charge on any atom is 0.272 e. The van der Waals surface area contributed by atoms with Gasteiger partial charge in [-0.05, 0) is 59.7 Å². The Kier molecular flexibility index (Phi) is 9.80. The minimum absolute atomic E-state index is 0.246. The van der Waals surface area contributed by atoms with Crippen molar-refractivity contribution in [3.63, 3.8) is 0 Å². The smallest absolute Gasteiger partial charge is 0.272 e. The van der Waals surface area contributed by atoms with Crippen molar-refractivity contribution in [2.75, 3.05) is 12.0 Å². The minimum atomic E-state index is -1.23. The van der Waals surface area contributed by atoms with Crippen LogP contribution in [0.15, 0.2) is 121 Å². The molecule has 8 nitrogen and oxygen atoms in total. The number of anilines is 1. The van der Waals surface area contributed by atoms with E-state index in [1.807, 2.05) is 97.1 Å². The highest BCUT2D eigenvalue weighted by molar-refractivity contribution is 6.20. The van der Waals surface area contributed by atoms with E-state index in [2.05, 4.69) is 18.0 Å². The summed E-state index contributed by atoms with van der Waals surface area (Å²) < 4.78 is 5.33. The summed E-state index contributed by atoms with van der Waals surface area (Å²) >= 11 is 0. The van der Waals surface area contributed by atoms with E-state index in [0.717, 1.165) is 46.4 Å². The molecular formula is C40H40N4O4. The Hall–Kier alpha value is -5.50. The Morgan fingerprint density at radius 3 is 2.33 bits per heavy atom. The van der Waals surface area contributed by atoms with Crippen LogP contribution in [0.25, 0.3) is 11.1 Å². The van der Waals surface area contributed by atoms with E-state index in [4.69, 9.17) is 15.5 Å². The number of carbonyl (C=O) groups is 3. The zero-order valence-corrected chi connectivity index (χ0v) is 27.0. The predicted molar refractivity (Wildman–Crippen MR) is 188 cm³/mol. The third kappa shape index (κ3) is 7.23. The van der Waals surface area contributed by atoms with Gasteiger partial charge in [0, 0.05) is 11.1 Å². The Morgan fingerprint density at radius 2 is 1.65 bits per heavy atom. The molecule has 0 bridgehead atoms. The van der Waals surface area contributed by atoms with Crippen molar-refractivity contribution in [1.82, 2.24) is 5.32 Å². The molecule has 2 aliphatic rings. The van der Waals surface area contributed by atoms with Crippen molar-refractivity contribution >= 4 is 29.1 Å². The Bertz CT molecular complexity index is 1830. The topological polar surface area (TPSA) is 114 Å². The van der Waals surface area contributed by atoms with Gasteiger partial charge >= 0.3 is 0 Å². The molecule has 0 aromatic heterocycles. The number of amides is 3. The SMILES string of the molecule is C=CC[C@H](C(N)=O)[C@@H](CC1CC1)C(=O)N[C@H]1N=C(c2ccccc2)c2ccccc2N(Cc2cccc(-c3ccc(OC)cc3)c2)C1=O. The van der Waals surface area contributed by atoms with Crippen LogP contribution < -0.4 is 20.7 Å². The average molecular weight is 641 g/mol. The number of methoxy groups -OCH3 is 1. The van der Waals surface area contributed by atoms with Gasteiger partial charge in [-0.25, -0.2) is 4.99 Å². The lowest BCUT2D eigenvalue weighted by atomic mass is 9.84. The number of benzodiazepines with no additional fused rings is 1. The third-order valence-electron chi connectivity index (χ3n) is 9.12. The molecule has 3 N–H and O–H groups in total. The van der Waals surface area contributed by atoms with Gasteiger partial charge in [0.05, 0.1) is 36.9 Å². The van der Waals surface area contributed by atoms with E-state index in [1.165, 1.54) is 0 Å². The van der Waals surface area contributed by atoms with Crippen LogP contribution in [0.3, 0.4) is 0 Å².